The Labute approximate surface area is 309 Å². The number of alkyl carbamates (subject to hydrolysis) is 1. The van der Waals surface area contributed by atoms with Gasteiger partial charge in [-0.05, 0) is 97.5 Å². The van der Waals surface area contributed by atoms with Gasteiger partial charge in [0, 0.05) is 36.6 Å². The second-order valence-corrected chi connectivity index (χ2v) is 13.0. The van der Waals surface area contributed by atoms with E-state index in [1.165, 1.54) is 10.5 Å². The Morgan fingerprint density at radius 2 is 1.77 bits per heavy atom. The number of carbonyl (C=O) groups is 3. The lowest BCUT2D eigenvalue weighted by Gasteiger charge is -2.21. The molecular formula is C41H45N7O5. The number of esters is 1. The van der Waals surface area contributed by atoms with E-state index in [-0.39, 0.29) is 24.7 Å². The molecule has 0 radical (unpaired) electrons. The van der Waals surface area contributed by atoms with E-state index in [1.807, 2.05) is 41.9 Å². The number of hydrogen-bond donors (Lipinski definition) is 3. The van der Waals surface area contributed by atoms with Gasteiger partial charge in [-0.15, -0.1) is 0 Å². The Morgan fingerprint density at radius 3 is 2.57 bits per heavy atom. The number of nitrogens with zero attached hydrogens (tertiary/aromatic N) is 4. The number of hydrogen-bond acceptors (Lipinski definition) is 9. The number of anilines is 2. The van der Waals surface area contributed by atoms with E-state index in [9.17, 15) is 14.4 Å². The smallest absolute Gasteiger partial charge is 0.412 e. The molecule has 1 aliphatic rings. The fourth-order valence-corrected chi connectivity index (χ4v) is 6.43. The summed E-state index contributed by atoms with van der Waals surface area (Å²) in [4.78, 5) is 49.7. The van der Waals surface area contributed by atoms with Crippen LogP contribution in [-0.2, 0) is 36.0 Å². The van der Waals surface area contributed by atoms with Crippen LogP contribution < -0.4 is 20.3 Å². The summed E-state index contributed by atoms with van der Waals surface area (Å²) in [6, 6.07) is 23.7. The average molecular weight is 716 g/mol. The van der Waals surface area contributed by atoms with Crippen molar-refractivity contribution in [2.75, 3.05) is 23.4 Å². The number of aryl methyl sites for hydroxylation is 2. The van der Waals surface area contributed by atoms with Crippen LogP contribution in [0.1, 0.15) is 78.3 Å². The molecule has 0 aliphatic heterocycles. The highest BCUT2D eigenvalue weighted by Crippen LogP contribution is 2.31. The molecule has 0 fully saturated rings. The number of amides is 2. The number of fused-ring (bicyclic) bond motifs is 2. The Bertz CT molecular complexity index is 2080. The monoisotopic (exact) mass is 715 g/mol. The molecule has 5 aromatic rings. The summed E-state index contributed by atoms with van der Waals surface area (Å²) in [5.74, 6) is 1.04. The molecule has 2 heterocycles. The molecule has 2 amide bonds. The molecule has 12 heteroatoms. The van der Waals surface area contributed by atoms with E-state index in [4.69, 9.17) is 19.9 Å². The maximum Gasteiger partial charge on any atom is 0.412 e. The highest BCUT2D eigenvalue weighted by molar-refractivity contribution is 6.07. The molecule has 3 N–H and O–H groups in total. The lowest BCUT2D eigenvalue weighted by atomic mass is 10.1. The third-order valence-electron chi connectivity index (χ3n) is 9.34. The zero-order chi connectivity index (χ0) is 37.2. The van der Waals surface area contributed by atoms with E-state index >= 15 is 0 Å². The quantitative estimate of drug-likeness (QED) is 0.0335. The normalized spacial score (nSPS) is 11.9. The van der Waals surface area contributed by atoms with Gasteiger partial charge in [-0.1, -0.05) is 44.4 Å². The number of amidine groups is 1. The third kappa shape index (κ3) is 9.26. The maximum atomic E-state index is 14.0. The number of aromatic nitrogens is 3. The van der Waals surface area contributed by atoms with Gasteiger partial charge >= 0.3 is 12.1 Å². The van der Waals surface area contributed by atoms with Crippen molar-refractivity contribution in [3.8, 4) is 5.75 Å². The van der Waals surface area contributed by atoms with Gasteiger partial charge in [-0.25, -0.2) is 14.8 Å². The molecule has 1 aliphatic carbocycles. The fraction of sp³-hybridized carbons (Fsp3) is 0.317. The van der Waals surface area contributed by atoms with Gasteiger partial charge in [0.2, 0.25) is 0 Å². The van der Waals surface area contributed by atoms with E-state index in [0.29, 0.717) is 41.4 Å². The lowest BCUT2D eigenvalue weighted by molar-refractivity contribution is -0.134. The summed E-state index contributed by atoms with van der Waals surface area (Å²) in [6.45, 7) is 2.95. The summed E-state index contributed by atoms with van der Waals surface area (Å²) in [7, 11) is 1.92. The Morgan fingerprint density at radius 1 is 0.943 bits per heavy atom. The van der Waals surface area contributed by atoms with Crippen molar-refractivity contribution in [3.05, 3.63) is 113 Å². The number of rotatable bonds is 15. The van der Waals surface area contributed by atoms with Crippen LogP contribution in [0.5, 0.6) is 5.75 Å². The van der Waals surface area contributed by atoms with E-state index in [2.05, 4.69) is 28.6 Å². The summed E-state index contributed by atoms with van der Waals surface area (Å²) in [6.07, 6.45) is 7.93. The highest BCUT2D eigenvalue weighted by atomic mass is 16.5. The predicted octanol–water partition coefficient (Wildman–Crippen LogP) is 7.34. The molecule has 274 valence electrons. The second-order valence-electron chi connectivity index (χ2n) is 13.0. The molecule has 0 unspecified atom stereocenters. The van der Waals surface area contributed by atoms with Crippen LogP contribution in [-0.4, -0.2) is 51.5 Å². The molecule has 0 spiro atoms. The minimum absolute atomic E-state index is 0.00199. The first-order valence-electron chi connectivity index (χ1n) is 18.2. The second kappa shape index (κ2) is 17.5. The van der Waals surface area contributed by atoms with Gasteiger partial charge in [-0.2, -0.15) is 0 Å². The maximum absolute atomic E-state index is 14.0. The number of carbonyl (C=O) groups excluding carboxylic acids is 3. The van der Waals surface area contributed by atoms with Gasteiger partial charge in [0.15, 0.2) is 0 Å². The van der Waals surface area contributed by atoms with Crippen LogP contribution >= 0.6 is 0 Å². The van der Waals surface area contributed by atoms with Gasteiger partial charge in [0.1, 0.15) is 23.2 Å². The third-order valence-corrected chi connectivity index (χ3v) is 9.34. The van der Waals surface area contributed by atoms with Crippen molar-refractivity contribution in [1.29, 1.82) is 5.41 Å². The van der Waals surface area contributed by atoms with Crippen molar-refractivity contribution in [2.24, 2.45) is 7.05 Å². The van der Waals surface area contributed by atoms with E-state index in [1.54, 1.807) is 48.7 Å². The Hall–Kier alpha value is -6.04. The molecule has 0 saturated heterocycles. The Kier molecular flexibility index (Phi) is 12.1. The van der Waals surface area contributed by atoms with E-state index < -0.39 is 12.1 Å². The van der Waals surface area contributed by atoms with Crippen LogP contribution in [0, 0.1) is 5.41 Å². The van der Waals surface area contributed by atoms with Crippen molar-refractivity contribution < 1.29 is 23.9 Å². The number of unbranched alkanes of at least 4 members (excludes halogenated alkanes) is 3. The summed E-state index contributed by atoms with van der Waals surface area (Å²) < 4.78 is 12.9. The molecule has 12 nitrogen and oxygen atoms in total. The molecular weight excluding hydrogens is 670 g/mol. The van der Waals surface area contributed by atoms with Gasteiger partial charge < -0.3 is 19.4 Å². The standard InChI is InChI=1S/C41H45N7O5/c1-3-4-5-8-25-52-41(51)46-39(42)29-16-19-31(20-17-29)44-27-37-45-33-26-30(18-21-34(33)47(37)2)40(50)48(36-15-6-7-23-43-36)24-22-38(49)53-35-14-10-12-28-11-9-13-32(28)35/h6-7,10,12,14-21,23,26,44H,3-5,8-9,11,13,22,24-25,27H2,1-2H3,(H2,42,46,51). The van der Waals surface area contributed by atoms with Crippen molar-refractivity contribution >= 4 is 46.3 Å². The fourth-order valence-electron chi connectivity index (χ4n) is 6.43. The minimum atomic E-state index is -0.629. The van der Waals surface area contributed by atoms with Gasteiger partial charge in [0.25, 0.3) is 5.91 Å². The number of nitrogens with one attached hydrogen (secondary N) is 3. The number of ether oxygens (including phenoxy) is 2. The van der Waals surface area contributed by atoms with E-state index in [0.717, 1.165) is 67.5 Å². The average Bonchev–Trinajstić information content (AvgIpc) is 3.79. The molecule has 3 aromatic carbocycles. The zero-order valence-electron chi connectivity index (χ0n) is 30.2. The topological polar surface area (TPSA) is 152 Å². The molecule has 0 bridgehead atoms. The summed E-state index contributed by atoms with van der Waals surface area (Å²) >= 11 is 0. The predicted molar refractivity (Wildman–Crippen MR) is 205 cm³/mol. The van der Waals surface area contributed by atoms with Crippen LogP contribution in [0.2, 0.25) is 0 Å². The lowest BCUT2D eigenvalue weighted by Crippen LogP contribution is -2.34. The number of pyridine rings is 1. The minimum Gasteiger partial charge on any atom is -0.449 e. The van der Waals surface area contributed by atoms with Crippen LogP contribution in [0.15, 0.2) is 85.1 Å². The molecule has 6 rings (SSSR count). The molecule has 0 atom stereocenters. The van der Waals surface area contributed by atoms with Crippen LogP contribution in [0.3, 0.4) is 0 Å². The summed E-state index contributed by atoms with van der Waals surface area (Å²) in [5, 5.41) is 14.1. The first-order valence-corrected chi connectivity index (χ1v) is 18.2. The first-order chi connectivity index (χ1) is 25.8. The van der Waals surface area contributed by atoms with Crippen LogP contribution in [0.25, 0.3) is 11.0 Å². The number of benzene rings is 3. The Balaban J connectivity index is 1.07. The highest BCUT2D eigenvalue weighted by Gasteiger charge is 2.23. The summed E-state index contributed by atoms with van der Waals surface area (Å²) in [5.41, 5.74) is 5.60. The molecule has 0 saturated carbocycles. The van der Waals surface area contributed by atoms with Gasteiger partial charge in [0.05, 0.1) is 30.6 Å². The van der Waals surface area contributed by atoms with Crippen molar-refractivity contribution in [3.63, 3.8) is 0 Å². The SMILES string of the molecule is CCCCCCOC(=O)NC(=N)c1ccc(NCc2nc3cc(C(=O)N(CCC(=O)Oc4cccc5c4CCC5)c4ccccn4)ccc3n2C)cc1. The van der Waals surface area contributed by atoms with Crippen LogP contribution in [0.4, 0.5) is 16.3 Å². The molecule has 53 heavy (non-hydrogen) atoms. The number of imidazole rings is 1. The first kappa shape index (κ1) is 36.7. The van der Waals surface area contributed by atoms with Crippen molar-refractivity contribution in [1.82, 2.24) is 19.9 Å². The largest absolute Gasteiger partial charge is 0.449 e. The zero-order valence-corrected chi connectivity index (χ0v) is 30.2. The molecule has 2 aromatic heterocycles. The van der Waals surface area contributed by atoms with Crippen molar-refractivity contribution in [2.45, 2.75) is 64.8 Å². The van der Waals surface area contributed by atoms with Gasteiger partial charge in [-0.3, -0.25) is 25.2 Å².